The van der Waals surface area contributed by atoms with Gasteiger partial charge in [-0.25, -0.2) is 0 Å². The van der Waals surface area contributed by atoms with Crippen molar-refractivity contribution in [1.82, 2.24) is 0 Å². The van der Waals surface area contributed by atoms with E-state index in [1.807, 2.05) is 135 Å². The third-order valence-corrected chi connectivity index (χ3v) is 10.8. The molecule has 0 saturated heterocycles. The summed E-state index contributed by atoms with van der Waals surface area (Å²) < 4.78 is 0. The lowest BCUT2D eigenvalue weighted by Gasteiger charge is -2.22. The van der Waals surface area contributed by atoms with Crippen molar-refractivity contribution < 1.29 is 29.4 Å². The molecule has 2 N–H and O–H groups in total. The van der Waals surface area contributed by atoms with Crippen molar-refractivity contribution in [2.75, 3.05) is 0 Å². The molecule has 0 spiro atoms. The van der Waals surface area contributed by atoms with Crippen molar-refractivity contribution in [2.24, 2.45) is 0 Å². The molecule has 0 aliphatic heterocycles. The fraction of sp³-hybridized carbons (Fsp3) is 0.185. The number of ketones is 2. The van der Waals surface area contributed by atoms with Gasteiger partial charge in [-0.15, -0.1) is 0 Å². The molecule has 0 aliphatic rings. The summed E-state index contributed by atoms with van der Waals surface area (Å²) in [6, 6.07) is 56.2. The normalized spacial score (nSPS) is 11.0. The van der Waals surface area contributed by atoms with Gasteiger partial charge in [-0.3, -0.25) is 19.2 Å². The SMILES string of the molecule is CC(=O)C(C)(C)c1ccc2ccccc2c1.CC(=O)Cc1ccc2ccccc2c1.CC(C)(C(=O)O)c1ccc2ccccc2c1.O=C(O)Cc1ccc2ccccc2c1. The Hall–Kier alpha value is -6.92. The van der Waals surface area contributed by atoms with Crippen LogP contribution in [0.4, 0.5) is 0 Å². The fourth-order valence-corrected chi connectivity index (χ4v) is 6.64. The van der Waals surface area contributed by atoms with Crippen LogP contribution in [-0.2, 0) is 42.8 Å². The van der Waals surface area contributed by atoms with E-state index in [4.69, 9.17) is 10.2 Å². The number of Topliss-reactive ketones (excluding diaryl/α,β-unsaturated/α-hetero) is 2. The van der Waals surface area contributed by atoms with E-state index in [-0.39, 0.29) is 18.0 Å². The minimum Gasteiger partial charge on any atom is -0.481 e. The van der Waals surface area contributed by atoms with Gasteiger partial charge in [0.25, 0.3) is 0 Å². The Morgan fingerprint density at radius 2 is 0.717 bits per heavy atom. The Morgan fingerprint density at radius 1 is 0.400 bits per heavy atom. The molecule has 0 bridgehead atoms. The van der Waals surface area contributed by atoms with Gasteiger partial charge in [0, 0.05) is 11.8 Å². The number of carboxylic acid groups (broad SMARTS) is 2. The number of fused-ring (bicyclic) bond motifs is 4. The van der Waals surface area contributed by atoms with Crippen LogP contribution in [0, 0.1) is 0 Å². The van der Waals surface area contributed by atoms with Gasteiger partial charge in [-0.05, 0) is 107 Å². The lowest BCUT2D eigenvalue weighted by molar-refractivity contribution is -0.142. The summed E-state index contributed by atoms with van der Waals surface area (Å²) in [5.41, 5.74) is 2.61. The molecule has 6 heteroatoms. The number of hydrogen-bond acceptors (Lipinski definition) is 4. The third-order valence-electron chi connectivity index (χ3n) is 10.8. The number of rotatable bonds is 8. The highest BCUT2D eigenvalue weighted by Gasteiger charge is 2.29. The summed E-state index contributed by atoms with van der Waals surface area (Å²) in [7, 11) is 0. The number of carboxylic acids is 2. The number of aliphatic carboxylic acids is 2. The molecule has 0 fully saturated rings. The first-order valence-corrected chi connectivity index (χ1v) is 19.9. The van der Waals surface area contributed by atoms with Gasteiger partial charge < -0.3 is 10.2 Å². The summed E-state index contributed by atoms with van der Waals surface area (Å²) in [5.74, 6) is -1.19. The van der Waals surface area contributed by atoms with Crippen molar-refractivity contribution in [3.63, 3.8) is 0 Å². The lowest BCUT2D eigenvalue weighted by Crippen LogP contribution is -2.28. The Kier molecular flexibility index (Phi) is 14.5. The third kappa shape index (κ3) is 11.6. The lowest BCUT2D eigenvalue weighted by atomic mass is 9.80. The van der Waals surface area contributed by atoms with Gasteiger partial charge in [-0.2, -0.15) is 0 Å². The van der Waals surface area contributed by atoms with Gasteiger partial charge in [0.2, 0.25) is 0 Å². The predicted molar refractivity (Wildman–Crippen MR) is 246 cm³/mol. The van der Waals surface area contributed by atoms with E-state index < -0.39 is 22.8 Å². The highest BCUT2D eigenvalue weighted by Crippen LogP contribution is 2.28. The van der Waals surface area contributed by atoms with Gasteiger partial charge in [0.1, 0.15) is 11.6 Å². The molecule has 0 saturated carbocycles. The number of benzene rings is 8. The highest BCUT2D eigenvalue weighted by atomic mass is 16.4. The van der Waals surface area contributed by atoms with Gasteiger partial charge >= 0.3 is 11.9 Å². The molecule has 8 rings (SSSR count). The quantitative estimate of drug-likeness (QED) is 0.158. The maximum atomic E-state index is 11.6. The van der Waals surface area contributed by atoms with Crippen molar-refractivity contribution >= 4 is 66.6 Å². The van der Waals surface area contributed by atoms with Crippen molar-refractivity contribution in [3.05, 3.63) is 192 Å². The summed E-state index contributed by atoms with van der Waals surface area (Å²) in [4.78, 5) is 44.2. The Bertz CT molecular complexity index is 2600. The molecule has 60 heavy (non-hydrogen) atoms. The average molecular weight is 797 g/mol. The van der Waals surface area contributed by atoms with Crippen LogP contribution in [0.15, 0.2) is 170 Å². The van der Waals surface area contributed by atoms with Crippen LogP contribution < -0.4 is 0 Å². The monoisotopic (exact) mass is 796 g/mol. The van der Waals surface area contributed by atoms with Crippen LogP contribution >= 0.6 is 0 Å². The van der Waals surface area contributed by atoms with Gasteiger partial charge in [0.05, 0.1) is 11.8 Å². The molecule has 304 valence electrons. The summed E-state index contributed by atoms with van der Waals surface area (Å²) in [6.45, 7) is 10.7. The second kappa shape index (κ2) is 19.7. The van der Waals surface area contributed by atoms with E-state index >= 15 is 0 Å². The summed E-state index contributed by atoms with van der Waals surface area (Å²) in [5, 5.41) is 27.1. The molecule has 0 atom stereocenters. The molecule has 0 heterocycles. The van der Waals surface area contributed by atoms with E-state index in [1.165, 1.54) is 21.5 Å². The summed E-state index contributed by atoms with van der Waals surface area (Å²) >= 11 is 0. The van der Waals surface area contributed by atoms with Crippen LogP contribution in [-0.4, -0.2) is 33.7 Å². The Morgan fingerprint density at radius 3 is 1.05 bits per heavy atom. The molecular weight excluding hydrogens is 745 g/mol. The summed E-state index contributed by atoms with van der Waals surface area (Å²) in [6.07, 6.45) is 0.621. The first-order chi connectivity index (χ1) is 28.5. The van der Waals surface area contributed by atoms with Crippen LogP contribution in [0.1, 0.15) is 63.8 Å². The second-order valence-electron chi connectivity index (χ2n) is 16.0. The van der Waals surface area contributed by atoms with E-state index in [1.54, 1.807) is 27.7 Å². The molecule has 0 radical (unpaired) electrons. The van der Waals surface area contributed by atoms with Crippen molar-refractivity contribution in [2.45, 2.75) is 65.2 Å². The zero-order valence-corrected chi connectivity index (χ0v) is 35.1. The van der Waals surface area contributed by atoms with Crippen LogP contribution in [0.25, 0.3) is 43.1 Å². The molecule has 0 aliphatic carbocycles. The first-order valence-electron chi connectivity index (χ1n) is 19.9. The van der Waals surface area contributed by atoms with Gasteiger partial charge in [-0.1, -0.05) is 170 Å². The largest absolute Gasteiger partial charge is 0.481 e. The topological polar surface area (TPSA) is 109 Å². The van der Waals surface area contributed by atoms with Crippen molar-refractivity contribution in [3.8, 4) is 0 Å². The molecule has 8 aromatic rings. The highest BCUT2D eigenvalue weighted by molar-refractivity contribution is 5.91. The fourth-order valence-electron chi connectivity index (χ4n) is 6.64. The number of hydrogen-bond donors (Lipinski definition) is 2. The van der Waals surface area contributed by atoms with E-state index in [0.717, 1.165) is 43.8 Å². The van der Waals surface area contributed by atoms with Crippen LogP contribution in [0.5, 0.6) is 0 Å². The average Bonchev–Trinajstić information content (AvgIpc) is 3.23. The molecule has 8 aromatic carbocycles. The Labute approximate surface area is 352 Å². The number of carbonyl (C=O) groups excluding carboxylic acids is 2. The molecule has 0 aromatic heterocycles. The maximum absolute atomic E-state index is 11.6. The molecule has 0 amide bonds. The first kappa shape index (κ1) is 44.2. The van der Waals surface area contributed by atoms with E-state index in [2.05, 4.69) is 48.5 Å². The second-order valence-corrected chi connectivity index (χ2v) is 16.0. The smallest absolute Gasteiger partial charge is 0.313 e. The standard InChI is InChI=1S/C15H16O.C14H14O2.C13H12O.C12H10O2/c1-11(16)15(2,3)14-9-8-12-6-4-5-7-13(12)10-14;1-14(2,13(15)16)12-8-7-10-5-3-4-6-11(10)9-12;1-10(14)8-11-6-7-12-4-2-3-5-13(12)9-11;13-12(14)8-9-5-6-10-3-1-2-4-11(10)7-9/h4-10H,1-3H3;3-9H,1-2H3,(H,15,16);2-7,9H,8H2,1H3;1-7H,8H2,(H,13,14). The van der Waals surface area contributed by atoms with E-state index in [9.17, 15) is 19.2 Å². The molecular formula is C54H52O6. The zero-order chi connectivity index (χ0) is 43.5. The van der Waals surface area contributed by atoms with Gasteiger partial charge in [0.15, 0.2) is 0 Å². The predicted octanol–water partition coefficient (Wildman–Crippen LogP) is 12.3. The van der Waals surface area contributed by atoms with Crippen LogP contribution in [0.3, 0.4) is 0 Å². The zero-order valence-electron chi connectivity index (χ0n) is 35.1. The maximum Gasteiger partial charge on any atom is 0.313 e. The Balaban J connectivity index is 0.000000152. The number of carbonyl (C=O) groups is 4. The minimum absolute atomic E-state index is 0.0881. The van der Waals surface area contributed by atoms with E-state index in [0.29, 0.717) is 6.42 Å². The minimum atomic E-state index is -0.843. The molecule has 0 unspecified atom stereocenters. The van der Waals surface area contributed by atoms with Crippen molar-refractivity contribution in [1.29, 1.82) is 0 Å². The van der Waals surface area contributed by atoms with Crippen LogP contribution in [0.2, 0.25) is 0 Å². The molecule has 6 nitrogen and oxygen atoms in total.